The lowest BCUT2D eigenvalue weighted by atomic mass is 10.2. The molecule has 10 heteroatoms. The number of carbonyl (C=O) groups is 1. The van der Waals surface area contributed by atoms with E-state index in [1.165, 1.54) is 11.8 Å². The molecule has 0 saturated carbocycles. The van der Waals surface area contributed by atoms with Crippen molar-refractivity contribution in [3.8, 4) is 11.4 Å². The predicted molar refractivity (Wildman–Crippen MR) is 110 cm³/mol. The van der Waals surface area contributed by atoms with E-state index in [1.54, 1.807) is 30.9 Å². The van der Waals surface area contributed by atoms with Gasteiger partial charge in [-0.05, 0) is 25.1 Å². The first kappa shape index (κ1) is 19.3. The standard InChI is InChI=1S/C19H22N8OS/c1-2-27-17(15-4-8-20-9-5-15)23-24-19(27)29-14-16(28)25-10-12-26(13-11-25)18-21-6-3-7-22-18/h3-9H,2,10-14H2,1H3. The molecule has 3 aromatic rings. The maximum Gasteiger partial charge on any atom is 0.233 e. The highest BCUT2D eigenvalue weighted by molar-refractivity contribution is 7.99. The predicted octanol–water partition coefficient (Wildman–Crippen LogP) is 1.59. The number of amides is 1. The van der Waals surface area contributed by atoms with E-state index >= 15 is 0 Å². The summed E-state index contributed by atoms with van der Waals surface area (Å²) in [6.07, 6.45) is 6.95. The Balaban J connectivity index is 1.34. The van der Waals surface area contributed by atoms with Gasteiger partial charge in [0.2, 0.25) is 11.9 Å². The minimum absolute atomic E-state index is 0.111. The molecule has 0 spiro atoms. The van der Waals surface area contributed by atoms with E-state index in [0.717, 1.165) is 36.2 Å². The molecule has 1 fully saturated rings. The molecule has 150 valence electrons. The first-order chi connectivity index (χ1) is 14.3. The molecule has 1 amide bonds. The summed E-state index contributed by atoms with van der Waals surface area (Å²) in [5, 5.41) is 9.36. The fraction of sp³-hybridized carbons (Fsp3) is 0.368. The topological polar surface area (TPSA) is 92.9 Å². The van der Waals surface area contributed by atoms with Gasteiger partial charge in [-0.25, -0.2) is 9.97 Å². The molecule has 0 bridgehead atoms. The molecule has 1 saturated heterocycles. The van der Waals surface area contributed by atoms with Gasteiger partial charge in [-0.2, -0.15) is 0 Å². The van der Waals surface area contributed by atoms with Crippen molar-refractivity contribution in [3.05, 3.63) is 43.0 Å². The van der Waals surface area contributed by atoms with E-state index in [1.807, 2.05) is 28.5 Å². The van der Waals surface area contributed by atoms with Gasteiger partial charge in [0.25, 0.3) is 0 Å². The fourth-order valence-electron chi connectivity index (χ4n) is 3.22. The Morgan fingerprint density at radius 3 is 2.45 bits per heavy atom. The van der Waals surface area contributed by atoms with Crippen LogP contribution < -0.4 is 4.90 Å². The Kier molecular flexibility index (Phi) is 5.99. The van der Waals surface area contributed by atoms with Crippen molar-refractivity contribution in [1.82, 2.24) is 34.6 Å². The zero-order chi connectivity index (χ0) is 20.1. The highest BCUT2D eigenvalue weighted by Gasteiger charge is 2.23. The lowest BCUT2D eigenvalue weighted by Crippen LogP contribution is -2.49. The maximum absolute atomic E-state index is 12.7. The highest BCUT2D eigenvalue weighted by atomic mass is 32.2. The SMILES string of the molecule is CCn1c(SCC(=O)N2CCN(c3ncccn3)CC2)nnc1-c1ccncc1. The molecule has 3 aromatic heterocycles. The van der Waals surface area contributed by atoms with E-state index in [2.05, 4.69) is 30.0 Å². The lowest BCUT2D eigenvalue weighted by molar-refractivity contribution is -0.128. The molecule has 1 aliphatic rings. The monoisotopic (exact) mass is 410 g/mol. The Bertz CT molecular complexity index is 941. The normalized spacial score (nSPS) is 14.2. The molecule has 0 unspecified atom stereocenters. The van der Waals surface area contributed by atoms with Gasteiger partial charge in [-0.3, -0.25) is 9.78 Å². The van der Waals surface area contributed by atoms with E-state index in [-0.39, 0.29) is 5.91 Å². The number of piperazine rings is 1. The Hall–Kier alpha value is -3.01. The first-order valence-corrected chi connectivity index (χ1v) is 10.5. The summed E-state index contributed by atoms with van der Waals surface area (Å²) in [7, 11) is 0. The minimum Gasteiger partial charge on any atom is -0.338 e. The summed E-state index contributed by atoms with van der Waals surface area (Å²) in [6.45, 7) is 5.58. The van der Waals surface area contributed by atoms with Crippen molar-refractivity contribution in [1.29, 1.82) is 0 Å². The second-order valence-electron chi connectivity index (χ2n) is 6.49. The number of nitrogens with zero attached hydrogens (tertiary/aromatic N) is 8. The second-order valence-corrected chi connectivity index (χ2v) is 7.43. The van der Waals surface area contributed by atoms with Gasteiger partial charge in [0, 0.05) is 63.1 Å². The summed E-state index contributed by atoms with van der Waals surface area (Å²) in [6, 6.07) is 5.62. The van der Waals surface area contributed by atoms with Crippen molar-refractivity contribution in [2.75, 3.05) is 36.8 Å². The Labute approximate surface area is 173 Å². The number of hydrogen-bond acceptors (Lipinski definition) is 8. The van der Waals surface area contributed by atoms with Gasteiger partial charge in [0.1, 0.15) is 0 Å². The van der Waals surface area contributed by atoms with Crippen LogP contribution in [0.25, 0.3) is 11.4 Å². The largest absolute Gasteiger partial charge is 0.338 e. The Morgan fingerprint density at radius 2 is 1.76 bits per heavy atom. The van der Waals surface area contributed by atoms with Crippen molar-refractivity contribution < 1.29 is 4.79 Å². The van der Waals surface area contributed by atoms with Crippen LogP contribution in [0.2, 0.25) is 0 Å². The van der Waals surface area contributed by atoms with Crippen LogP contribution in [0.4, 0.5) is 5.95 Å². The molecular weight excluding hydrogens is 388 g/mol. The molecule has 9 nitrogen and oxygen atoms in total. The molecule has 29 heavy (non-hydrogen) atoms. The van der Waals surface area contributed by atoms with E-state index < -0.39 is 0 Å². The van der Waals surface area contributed by atoms with Crippen LogP contribution >= 0.6 is 11.8 Å². The van der Waals surface area contributed by atoms with E-state index in [0.29, 0.717) is 24.8 Å². The molecule has 0 N–H and O–H groups in total. The number of aromatic nitrogens is 6. The van der Waals surface area contributed by atoms with Crippen LogP contribution in [0.3, 0.4) is 0 Å². The average molecular weight is 411 g/mol. The number of rotatable bonds is 6. The summed E-state index contributed by atoms with van der Waals surface area (Å²) in [5.74, 6) is 1.96. The van der Waals surface area contributed by atoms with Crippen molar-refractivity contribution in [2.24, 2.45) is 0 Å². The van der Waals surface area contributed by atoms with Crippen LogP contribution in [-0.2, 0) is 11.3 Å². The van der Waals surface area contributed by atoms with Crippen molar-refractivity contribution >= 4 is 23.6 Å². The zero-order valence-electron chi connectivity index (χ0n) is 16.2. The summed E-state index contributed by atoms with van der Waals surface area (Å²) in [4.78, 5) is 29.3. The number of hydrogen-bond donors (Lipinski definition) is 0. The fourth-order valence-corrected chi connectivity index (χ4v) is 4.13. The van der Waals surface area contributed by atoms with Crippen LogP contribution in [0.1, 0.15) is 6.92 Å². The van der Waals surface area contributed by atoms with Crippen LogP contribution in [-0.4, -0.2) is 72.5 Å². The third kappa shape index (κ3) is 4.37. The number of anilines is 1. The number of carbonyl (C=O) groups excluding carboxylic acids is 1. The van der Waals surface area contributed by atoms with Gasteiger partial charge < -0.3 is 14.4 Å². The molecule has 4 rings (SSSR count). The molecule has 0 aliphatic carbocycles. The summed E-state index contributed by atoms with van der Waals surface area (Å²) >= 11 is 1.43. The highest BCUT2D eigenvalue weighted by Crippen LogP contribution is 2.24. The third-order valence-electron chi connectivity index (χ3n) is 4.76. The van der Waals surface area contributed by atoms with Gasteiger partial charge in [0.15, 0.2) is 11.0 Å². The van der Waals surface area contributed by atoms with Crippen LogP contribution in [0, 0.1) is 0 Å². The van der Waals surface area contributed by atoms with Crippen LogP contribution in [0.15, 0.2) is 48.1 Å². The second kappa shape index (κ2) is 8.99. The minimum atomic E-state index is 0.111. The van der Waals surface area contributed by atoms with E-state index in [9.17, 15) is 4.79 Å². The molecule has 4 heterocycles. The molecule has 0 radical (unpaired) electrons. The number of thioether (sulfide) groups is 1. The summed E-state index contributed by atoms with van der Waals surface area (Å²) in [5.41, 5.74) is 0.965. The third-order valence-corrected chi connectivity index (χ3v) is 5.72. The maximum atomic E-state index is 12.7. The molecular formula is C19H22N8OS. The Morgan fingerprint density at radius 1 is 1.03 bits per heavy atom. The summed E-state index contributed by atoms with van der Waals surface area (Å²) < 4.78 is 2.03. The lowest BCUT2D eigenvalue weighted by Gasteiger charge is -2.34. The number of pyridine rings is 1. The average Bonchev–Trinajstić information content (AvgIpc) is 3.21. The van der Waals surface area contributed by atoms with E-state index in [4.69, 9.17) is 0 Å². The smallest absolute Gasteiger partial charge is 0.233 e. The van der Waals surface area contributed by atoms with Crippen molar-refractivity contribution in [2.45, 2.75) is 18.6 Å². The van der Waals surface area contributed by atoms with Gasteiger partial charge in [0.05, 0.1) is 5.75 Å². The first-order valence-electron chi connectivity index (χ1n) is 9.52. The van der Waals surface area contributed by atoms with Gasteiger partial charge in [-0.15, -0.1) is 10.2 Å². The van der Waals surface area contributed by atoms with Gasteiger partial charge in [-0.1, -0.05) is 11.8 Å². The van der Waals surface area contributed by atoms with Crippen LogP contribution in [0.5, 0.6) is 0 Å². The molecule has 1 aliphatic heterocycles. The molecule has 0 aromatic carbocycles. The van der Waals surface area contributed by atoms with Crippen molar-refractivity contribution in [3.63, 3.8) is 0 Å². The van der Waals surface area contributed by atoms with Gasteiger partial charge >= 0.3 is 0 Å². The zero-order valence-corrected chi connectivity index (χ0v) is 17.0. The molecule has 0 atom stereocenters. The quantitative estimate of drug-likeness (QED) is 0.566.